The summed E-state index contributed by atoms with van der Waals surface area (Å²) in [5.41, 5.74) is 7.07. The average molecular weight is 453 g/mol. The van der Waals surface area contributed by atoms with Crippen LogP contribution in [0.5, 0.6) is 0 Å². The minimum Gasteiger partial charge on any atom is -0.365 e. The fourth-order valence-corrected chi connectivity index (χ4v) is 5.61. The Morgan fingerprint density at radius 1 is 1.12 bits per heavy atom. The lowest BCUT2D eigenvalue weighted by atomic mass is 10.1. The van der Waals surface area contributed by atoms with Gasteiger partial charge in [0.15, 0.2) is 5.69 Å². The van der Waals surface area contributed by atoms with Crippen LogP contribution in [0.15, 0.2) is 29.1 Å². The summed E-state index contributed by atoms with van der Waals surface area (Å²) < 4.78 is 1.38. The number of benzene rings is 1. The summed E-state index contributed by atoms with van der Waals surface area (Å²) in [5.74, 6) is -0.966. The third kappa shape index (κ3) is 4.32. The topological polar surface area (TPSA) is 107 Å². The number of rotatable bonds is 7. The Kier molecular flexibility index (Phi) is 6.69. The van der Waals surface area contributed by atoms with Crippen molar-refractivity contribution in [2.75, 3.05) is 5.32 Å². The summed E-state index contributed by atoms with van der Waals surface area (Å²) in [4.78, 5) is 39.6. The lowest BCUT2D eigenvalue weighted by molar-refractivity contribution is 0.100. The first-order valence-electron chi connectivity index (χ1n) is 11.3. The van der Waals surface area contributed by atoms with Crippen LogP contribution in [0.1, 0.15) is 76.7 Å². The van der Waals surface area contributed by atoms with Gasteiger partial charge in [-0.15, -0.1) is 11.3 Å². The van der Waals surface area contributed by atoms with E-state index in [9.17, 15) is 14.4 Å². The maximum Gasteiger partial charge on any atom is 0.277 e. The number of anilines is 1. The molecule has 1 aliphatic carbocycles. The van der Waals surface area contributed by atoms with Gasteiger partial charge in [0.1, 0.15) is 5.00 Å². The highest BCUT2D eigenvalue weighted by Gasteiger charge is 2.26. The fraction of sp³-hybridized carbons (Fsp3) is 0.417. The van der Waals surface area contributed by atoms with Crippen molar-refractivity contribution < 1.29 is 9.59 Å². The van der Waals surface area contributed by atoms with Gasteiger partial charge >= 0.3 is 0 Å². The Bertz CT molecular complexity index is 1230. The Balaban J connectivity index is 1.74. The molecule has 1 aromatic carbocycles. The molecule has 4 rings (SSSR count). The highest BCUT2D eigenvalue weighted by Crippen LogP contribution is 2.37. The number of carbonyl (C=O) groups excluding carboxylic acids is 2. The normalized spacial score (nSPS) is 13.5. The molecule has 0 saturated heterocycles. The zero-order chi connectivity index (χ0) is 22.7. The van der Waals surface area contributed by atoms with Crippen LogP contribution >= 0.6 is 11.3 Å². The molecule has 2 heterocycles. The molecule has 0 bridgehead atoms. The van der Waals surface area contributed by atoms with E-state index in [4.69, 9.17) is 5.73 Å². The number of primary amides is 1. The molecular formula is C24H28N4O3S. The highest BCUT2D eigenvalue weighted by atomic mass is 32.1. The molecule has 168 valence electrons. The van der Waals surface area contributed by atoms with E-state index in [0.29, 0.717) is 27.9 Å². The third-order valence-corrected chi connectivity index (χ3v) is 7.16. The minimum atomic E-state index is -0.526. The van der Waals surface area contributed by atoms with Crippen LogP contribution in [0.2, 0.25) is 0 Å². The van der Waals surface area contributed by atoms with Crippen molar-refractivity contribution in [3.63, 3.8) is 0 Å². The molecule has 0 atom stereocenters. The number of unbranched alkanes of at least 4 members (excludes halogenated alkanes) is 2. The molecule has 8 heteroatoms. The Hall–Kier alpha value is -3.00. The van der Waals surface area contributed by atoms with E-state index < -0.39 is 11.8 Å². The van der Waals surface area contributed by atoms with Crippen LogP contribution in [0.3, 0.4) is 0 Å². The third-order valence-electron chi connectivity index (χ3n) is 5.95. The molecule has 0 unspecified atom stereocenters. The summed E-state index contributed by atoms with van der Waals surface area (Å²) in [6.45, 7) is 2.55. The van der Waals surface area contributed by atoms with Crippen molar-refractivity contribution in [3.8, 4) is 0 Å². The van der Waals surface area contributed by atoms with E-state index in [1.54, 1.807) is 24.3 Å². The smallest absolute Gasteiger partial charge is 0.277 e. The van der Waals surface area contributed by atoms with Crippen LogP contribution in [0.25, 0.3) is 10.8 Å². The molecule has 0 spiro atoms. The first kappa shape index (κ1) is 22.2. The lowest BCUT2D eigenvalue weighted by Crippen LogP contribution is -2.28. The predicted octanol–water partition coefficient (Wildman–Crippen LogP) is 4.27. The van der Waals surface area contributed by atoms with E-state index in [0.717, 1.165) is 61.8 Å². The number of nitrogens with two attached hydrogens (primary N) is 1. The largest absolute Gasteiger partial charge is 0.365 e. The van der Waals surface area contributed by atoms with Crippen LogP contribution < -0.4 is 16.6 Å². The zero-order valence-corrected chi connectivity index (χ0v) is 19.1. The number of hydrogen-bond acceptors (Lipinski definition) is 5. The summed E-state index contributed by atoms with van der Waals surface area (Å²) in [5, 5.41) is 8.75. The number of fused-ring (bicyclic) bond motifs is 2. The molecule has 2 amide bonds. The molecule has 3 N–H and O–H groups in total. The van der Waals surface area contributed by atoms with Gasteiger partial charge in [-0.05, 0) is 43.7 Å². The van der Waals surface area contributed by atoms with E-state index in [1.165, 1.54) is 16.0 Å². The van der Waals surface area contributed by atoms with Crippen LogP contribution in [-0.4, -0.2) is 21.6 Å². The molecule has 7 nitrogen and oxygen atoms in total. The number of nitrogens with zero attached hydrogens (tertiary/aromatic N) is 2. The maximum absolute atomic E-state index is 13.3. The van der Waals surface area contributed by atoms with Gasteiger partial charge in [0, 0.05) is 16.8 Å². The molecule has 3 aromatic rings. The number of amides is 2. The maximum atomic E-state index is 13.3. The molecule has 0 saturated carbocycles. The van der Waals surface area contributed by atoms with E-state index in [-0.39, 0.29) is 11.3 Å². The highest BCUT2D eigenvalue weighted by molar-refractivity contribution is 7.17. The molecule has 0 radical (unpaired) electrons. The van der Waals surface area contributed by atoms with E-state index in [1.807, 2.05) is 0 Å². The Labute approximate surface area is 190 Å². The second kappa shape index (κ2) is 9.65. The first-order chi connectivity index (χ1) is 15.5. The summed E-state index contributed by atoms with van der Waals surface area (Å²) in [6, 6.07) is 7.01. The van der Waals surface area contributed by atoms with Gasteiger partial charge in [-0.25, -0.2) is 4.68 Å². The molecular weight excluding hydrogens is 424 g/mol. The number of hydrogen-bond donors (Lipinski definition) is 2. The summed E-state index contributed by atoms with van der Waals surface area (Å²) >= 11 is 1.43. The van der Waals surface area contributed by atoms with Crippen molar-refractivity contribution in [3.05, 3.63) is 56.3 Å². The van der Waals surface area contributed by atoms with Crippen LogP contribution in [0, 0.1) is 0 Å². The number of nitrogens with one attached hydrogen (secondary N) is 1. The number of aromatic nitrogens is 2. The van der Waals surface area contributed by atoms with E-state index >= 15 is 0 Å². The first-order valence-corrected chi connectivity index (χ1v) is 12.1. The van der Waals surface area contributed by atoms with Gasteiger partial charge in [0.2, 0.25) is 0 Å². The molecule has 2 aromatic heterocycles. The van der Waals surface area contributed by atoms with Crippen molar-refractivity contribution in [2.24, 2.45) is 5.73 Å². The van der Waals surface area contributed by atoms with Gasteiger partial charge in [0.05, 0.1) is 10.9 Å². The summed E-state index contributed by atoms with van der Waals surface area (Å²) in [6.07, 6.45) is 7.69. The second-order valence-corrected chi connectivity index (χ2v) is 9.32. The number of carbonyl (C=O) groups is 2. The SMILES string of the molecule is CCCCCn1nc(C(=O)Nc2sc3c(c2C(N)=O)CCCCC3)c2ccccc2c1=O. The fourth-order valence-electron chi connectivity index (χ4n) is 4.32. The van der Waals surface area contributed by atoms with Gasteiger partial charge in [0.25, 0.3) is 17.4 Å². The number of aryl methyl sites for hydroxylation is 2. The lowest BCUT2D eigenvalue weighted by Gasteiger charge is -2.11. The van der Waals surface area contributed by atoms with Crippen molar-refractivity contribution in [1.82, 2.24) is 9.78 Å². The van der Waals surface area contributed by atoms with Gasteiger partial charge in [-0.2, -0.15) is 5.10 Å². The van der Waals surface area contributed by atoms with Crippen molar-refractivity contribution >= 4 is 38.9 Å². The molecule has 32 heavy (non-hydrogen) atoms. The van der Waals surface area contributed by atoms with Crippen LogP contribution in [0.4, 0.5) is 5.00 Å². The second-order valence-electron chi connectivity index (χ2n) is 8.22. The average Bonchev–Trinajstić information content (AvgIpc) is 2.96. The molecule has 1 aliphatic rings. The zero-order valence-electron chi connectivity index (χ0n) is 18.3. The quantitative estimate of drug-likeness (QED) is 0.412. The van der Waals surface area contributed by atoms with Gasteiger partial charge < -0.3 is 11.1 Å². The minimum absolute atomic E-state index is 0.177. The molecule has 0 aliphatic heterocycles. The Morgan fingerprint density at radius 3 is 2.62 bits per heavy atom. The van der Waals surface area contributed by atoms with Crippen molar-refractivity contribution in [1.29, 1.82) is 0 Å². The molecule has 0 fully saturated rings. The Morgan fingerprint density at radius 2 is 1.88 bits per heavy atom. The summed E-state index contributed by atoms with van der Waals surface area (Å²) in [7, 11) is 0. The van der Waals surface area contributed by atoms with E-state index in [2.05, 4.69) is 17.3 Å². The van der Waals surface area contributed by atoms with Crippen molar-refractivity contribution in [2.45, 2.75) is 64.8 Å². The van der Waals surface area contributed by atoms with Gasteiger partial charge in [-0.1, -0.05) is 44.4 Å². The van der Waals surface area contributed by atoms with Gasteiger partial charge in [-0.3, -0.25) is 14.4 Å². The van der Waals surface area contributed by atoms with Crippen LogP contribution in [-0.2, 0) is 19.4 Å². The monoisotopic (exact) mass is 452 g/mol. The predicted molar refractivity (Wildman–Crippen MR) is 128 cm³/mol. The number of thiophene rings is 1. The standard InChI is InChI=1S/C24H28N4O3S/c1-2-3-9-14-28-24(31)16-11-8-7-10-15(16)20(27-28)22(30)26-23-19(21(25)29)17-12-5-4-6-13-18(17)32-23/h7-8,10-11H,2-6,9,12-14H2,1H3,(H2,25,29)(H,26,30).